The fraction of sp³-hybridized carbons (Fsp3) is 0.818. The van der Waals surface area contributed by atoms with Crippen molar-refractivity contribution >= 4 is 16.4 Å². The van der Waals surface area contributed by atoms with E-state index in [1.807, 2.05) is 0 Å². The van der Waals surface area contributed by atoms with Crippen LogP contribution in [0.25, 0.3) is 0 Å². The Morgan fingerprint density at radius 1 is 1.04 bits per heavy atom. The first-order chi connectivity index (χ1) is 12.8. The maximum atomic E-state index is 11.3. The fourth-order valence-corrected chi connectivity index (χ4v) is 10.6. The summed E-state index contributed by atoms with van der Waals surface area (Å²) in [7, 11) is -3.92. The van der Waals surface area contributed by atoms with Crippen LogP contribution in [-0.2, 0) is 9.16 Å². The molecule has 0 aromatic heterocycles. The van der Waals surface area contributed by atoms with E-state index < -0.39 is 46.7 Å². The molecule has 1 saturated heterocycles. The number of aliphatic hydroxyl groups is 2. The Kier molecular flexibility index (Phi) is 9.02. The smallest absolute Gasteiger partial charge is 0.201 e. The van der Waals surface area contributed by atoms with Gasteiger partial charge >= 0.3 is 0 Å². The highest BCUT2D eigenvalue weighted by molar-refractivity contribution is 6.83. The molecular formula is C22H40O4Si2. The zero-order valence-electron chi connectivity index (χ0n) is 19.1. The lowest BCUT2D eigenvalue weighted by Gasteiger charge is -2.49. The minimum absolute atomic E-state index is 0.228. The second kappa shape index (κ2) is 9.93. The van der Waals surface area contributed by atoms with E-state index in [1.165, 1.54) is 0 Å². The van der Waals surface area contributed by atoms with Crippen LogP contribution in [0.4, 0.5) is 0 Å². The topological polar surface area (TPSA) is 58.9 Å². The van der Waals surface area contributed by atoms with Crippen LogP contribution in [0.15, 0.2) is 0 Å². The van der Waals surface area contributed by atoms with Gasteiger partial charge in [-0.3, -0.25) is 0 Å². The highest BCUT2D eigenvalue weighted by Crippen LogP contribution is 2.45. The number of terminal acetylenes is 1. The maximum absolute atomic E-state index is 11.3. The highest BCUT2D eigenvalue weighted by Gasteiger charge is 2.52. The lowest BCUT2D eigenvalue weighted by Crippen LogP contribution is -2.61. The average molecular weight is 425 g/mol. The molecule has 0 spiro atoms. The molecule has 2 N–H and O–H groups in total. The van der Waals surface area contributed by atoms with Crippen LogP contribution in [0.5, 0.6) is 0 Å². The predicted octanol–water partition coefficient (Wildman–Crippen LogP) is 3.80. The Bertz CT molecular complexity index is 585. The third-order valence-electron chi connectivity index (χ3n) is 5.73. The van der Waals surface area contributed by atoms with Crippen molar-refractivity contribution in [2.24, 2.45) is 5.92 Å². The van der Waals surface area contributed by atoms with Crippen LogP contribution in [0.3, 0.4) is 0 Å². The molecule has 0 amide bonds. The standard InChI is InChI=1S/C22H40O4Si2/c1-11-19-22(26-28(15(2)3,16(4)5)17(6)7)21(24)18(20(14-23)25-19)12-13-27(8,9)10/h1,15-24H,14H2,2-10H3/t18-,19+,20-,21+,22+/m1/s1. The van der Waals surface area contributed by atoms with Crippen LogP contribution in [0.1, 0.15) is 41.5 Å². The van der Waals surface area contributed by atoms with Crippen molar-refractivity contribution in [2.75, 3.05) is 6.61 Å². The molecular weight excluding hydrogens is 384 g/mol. The van der Waals surface area contributed by atoms with Crippen molar-refractivity contribution in [1.29, 1.82) is 0 Å². The van der Waals surface area contributed by atoms with Gasteiger partial charge in [-0.05, 0) is 16.6 Å². The van der Waals surface area contributed by atoms with E-state index in [2.05, 4.69) is 78.6 Å². The average Bonchev–Trinajstić information content (AvgIpc) is 2.57. The van der Waals surface area contributed by atoms with Gasteiger partial charge in [0.15, 0.2) is 0 Å². The first kappa shape index (κ1) is 25.4. The van der Waals surface area contributed by atoms with E-state index in [-0.39, 0.29) is 6.61 Å². The summed E-state index contributed by atoms with van der Waals surface area (Å²) < 4.78 is 12.8. The minimum Gasteiger partial charge on any atom is -0.407 e. The van der Waals surface area contributed by atoms with E-state index in [0.717, 1.165) is 0 Å². The van der Waals surface area contributed by atoms with Crippen molar-refractivity contribution in [3.63, 3.8) is 0 Å². The summed E-state index contributed by atoms with van der Waals surface area (Å²) in [6, 6.07) is 0. The molecule has 0 aliphatic carbocycles. The van der Waals surface area contributed by atoms with Crippen LogP contribution in [0, 0.1) is 29.7 Å². The van der Waals surface area contributed by atoms with Crippen molar-refractivity contribution in [3.8, 4) is 23.8 Å². The predicted molar refractivity (Wildman–Crippen MR) is 121 cm³/mol. The highest BCUT2D eigenvalue weighted by atomic mass is 28.4. The Morgan fingerprint density at radius 2 is 1.54 bits per heavy atom. The van der Waals surface area contributed by atoms with Gasteiger partial charge in [0.05, 0.1) is 24.7 Å². The van der Waals surface area contributed by atoms with Gasteiger partial charge in [-0.1, -0.05) is 67.1 Å². The zero-order valence-corrected chi connectivity index (χ0v) is 21.1. The van der Waals surface area contributed by atoms with Gasteiger partial charge in [-0.15, -0.1) is 17.9 Å². The van der Waals surface area contributed by atoms with E-state index in [9.17, 15) is 10.2 Å². The molecule has 1 fully saturated rings. The molecule has 28 heavy (non-hydrogen) atoms. The van der Waals surface area contributed by atoms with Gasteiger partial charge in [-0.2, -0.15) is 0 Å². The van der Waals surface area contributed by atoms with Crippen LogP contribution >= 0.6 is 0 Å². The van der Waals surface area contributed by atoms with Gasteiger partial charge in [0.2, 0.25) is 8.32 Å². The molecule has 1 aliphatic rings. The van der Waals surface area contributed by atoms with Gasteiger partial charge in [0.25, 0.3) is 0 Å². The molecule has 1 aliphatic heterocycles. The first-order valence-electron chi connectivity index (χ1n) is 10.4. The minimum atomic E-state index is -2.27. The summed E-state index contributed by atoms with van der Waals surface area (Å²) in [5.41, 5.74) is 4.40. The van der Waals surface area contributed by atoms with Gasteiger partial charge in [0, 0.05) is 0 Å². The zero-order chi connectivity index (χ0) is 21.9. The monoisotopic (exact) mass is 424 g/mol. The van der Waals surface area contributed by atoms with E-state index in [4.69, 9.17) is 15.6 Å². The number of hydrogen-bond acceptors (Lipinski definition) is 4. The molecule has 0 aromatic carbocycles. The van der Waals surface area contributed by atoms with Gasteiger partial charge in [-0.25, -0.2) is 0 Å². The lowest BCUT2D eigenvalue weighted by atomic mass is 9.87. The van der Waals surface area contributed by atoms with Crippen LogP contribution < -0.4 is 0 Å². The number of rotatable bonds is 6. The second-order valence-corrected chi connectivity index (χ2v) is 20.0. The molecule has 1 rings (SSSR count). The Hall–Kier alpha value is -0.606. The van der Waals surface area contributed by atoms with Crippen molar-refractivity contribution < 1.29 is 19.4 Å². The van der Waals surface area contributed by atoms with E-state index >= 15 is 0 Å². The van der Waals surface area contributed by atoms with Crippen LogP contribution in [-0.4, -0.2) is 57.6 Å². The molecule has 0 bridgehead atoms. The Labute approximate surface area is 174 Å². The maximum Gasteiger partial charge on any atom is 0.201 e. The lowest BCUT2D eigenvalue weighted by molar-refractivity contribution is -0.173. The largest absolute Gasteiger partial charge is 0.407 e. The Morgan fingerprint density at radius 3 is 1.89 bits per heavy atom. The summed E-state index contributed by atoms with van der Waals surface area (Å²) in [6.07, 6.45) is 2.93. The molecule has 0 radical (unpaired) electrons. The normalized spacial score (nSPS) is 29.0. The quantitative estimate of drug-likeness (QED) is 0.503. The summed E-state index contributed by atoms with van der Waals surface area (Å²) >= 11 is 0. The van der Waals surface area contributed by atoms with Crippen molar-refractivity contribution in [3.05, 3.63) is 0 Å². The first-order valence-corrected chi connectivity index (χ1v) is 16.1. The molecule has 1 heterocycles. The van der Waals surface area contributed by atoms with Crippen molar-refractivity contribution in [1.82, 2.24) is 0 Å². The second-order valence-electron chi connectivity index (χ2n) is 9.88. The molecule has 160 valence electrons. The molecule has 6 heteroatoms. The third-order valence-corrected chi connectivity index (χ3v) is 12.7. The Balaban J connectivity index is 3.37. The van der Waals surface area contributed by atoms with E-state index in [1.54, 1.807) is 0 Å². The summed E-state index contributed by atoms with van der Waals surface area (Å²) in [6.45, 7) is 19.4. The third kappa shape index (κ3) is 5.50. The summed E-state index contributed by atoms with van der Waals surface area (Å²) in [4.78, 5) is 0. The molecule has 0 unspecified atom stereocenters. The number of hydrogen-bond donors (Lipinski definition) is 2. The molecule has 0 saturated carbocycles. The summed E-state index contributed by atoms with van der Waals surface area (Å²) in [5, 5.41) is 21.1. The van der Waals surface area contributed by atoms with Crippen molar-refractivity contribution in [2.45, 2.75) is 102 Å². The molecule has 4 nitrogen and oxygen atoms in total. The van der Waals surface area contributed by atoms with E-state index in [0.29, 0.717) is 16.6 Å². The fourth-order valence-electron chi connectivity index (χ4n) is 4.50. The SMILES string of the molecule is C#C[C@@H]1O[C@H](CO)[C@@H](C#C[Si](C)(C)C)[C@H](O)[C@H]1O[Si](C(C)C)(C(C)C)C(C)C. The van der Waals surface area contributed by atoms with Crippen LogP contribution in [0.2, 0.25) is 36.3 Å². The van der Waals surface area contributed by atoms with Gasteiger partial charge < -0.3 is 19.4 Å². The summed E-state index contributed by atoms with van der Waals surface area (Å²) in [5.74, 6) is 5.34. The molecule has 5 atom stereocenters. The number of ether oxygens (including phenoxy) is 1. The van der Waals surface area contributed by atoms with Gasteiger partial charge in [0.1, 0.15) is 20.3 Å². The number of aliphatic hydroxyl groups excluding tert-OH is 2. The molecule has 0 aromatic rings.